The third-order valence-corrected chi connectivity index (χ3v) is 4.67. The molecule has 2 N–H and O–H groups in total. The molecule has 7 heteroatoms. The Morgan fingerprint density at radius 2 is 2.04 bits per heavy atom. The van der Waals surface area contributed by atoms with Gasteiger partial charge in [0, 0.05) is 5.56 Å². The highest BCUT2D eigenvalue weighted by Gasteiger charge is 2.12. The first kappa shape index (κ1) is 18.0. The molecule has 1 amide bonds. The molecule has 1 aromatic heterocycles. The molecule has 0 aliphatic rings. The number of hydrogen-bond acceptors (Lipinski definition) is 5. The van der Waals surface area contributed by atoms with Crippen molar-refractivity contribution in [3.05, 3.63) is 53.6 Å². The highest BCUT2D eigenvalue weighted by Crippen LogP contribution is 2.26. The van der Waals surface area contributed by atoms with Crippen molar-refractivity contribution in [2.45, 2.75) is 19.0 Å². The van der Waals surface area contributed by atoms with Gasteiger partial charge in [0.05, 0.1) is 18.6 Å². The summed E-state index contributed by atoms with van der Waals surface area (Å²) in [4.78, 5) is 16.7. The van der Waals surface area contributed by atoms with Gasteiger partial charge in [-0.2, -0.15) is 0 Å². The van der Waals surface area contributed by atoms with Gasteiger partial charge in [-0.1, -0.05) is 42.1 Å². The van der Waals surface area contributed by atoms with Gasteiger partial charge >= 0.3 is 0 Å². The summed E-state index contributed by atoms with van der Waals surface area (Å²) in [5.74, 6) is 1.41. The van der Waals surface area contributed by atoms with Gasteiger partial charge < -0.3 is 10.1 Å². The van der Waals surface area contributed by atoms with Crippen LogP contribution in [0.1, 0.15) is 11.1 Å². The van der Waals surface area contributed by atoms with Gasteiger partial charge in [0.1, 0.15) is 5.75 Å². The largest absolute Gasteiger partial charge is 0.495 e. The second-order valence-corrected chi connectivity index (χ2v) is 6.76. The number of amides is 1. The van der Waals surface area contributed by atoms with Gasteiger partial charge in [-0.3, -0.25) is 9.89 Å². The summed E-state index contributed by atoms with van der Waals surface area (Å²) in [6.07, 6.45) is 0. The molecule has 0 saturated heterocycles. The zero-order chi connectivity index (χ0) is 18.5. The van der Waals surface area contributed by atoms with Gasteiger partial charge in [0.25, 0.3) is 0 Å². The number of anilines is 1. The lowest BCUT2D eigenvalue weighted by Gasteiger charge is -2.10. The van der Waals surface area contributed by atoms with Crippen molar-refractivity contribution in [1.29, 1.82) is 0 Å². The number of aromatic amines is 1. The second kappa shape index (κ2) is 8.05. The Morgan fingerprint density at radius 1 is 1.23 bits per heavy atom. The predicted octanol–water partition coefficient (Wildman–Crippen LogP) is 3.83. The number of ether oxygens (including phenoxy) is 1. The molecule has 0 aliphatic heterocycles. The van der Waals surface area contributed by atoms with E-state index in [2.05, 4.69) is 20.5 Å². The maximum atomic E-state index is 12.2. The van der Waals surface area contributed by atoms with Gasteiger partial charge in [-0.15, -0.1) is 5.10 Å². The van der Waals surface area contributed by atoms with Crippen LogP contribution >= 0.6 is 11.8 Å². The quantitative estimate of drug-likeness (QED) is 0.647. The summed E-state index contributed by atoms with van der Waals surface area (Å²) in [6.45, 7) is 3.98. The Hall–Kier alpha value is -2.80. The monoisotopic (exact) mass is 368 g/mol. The van der Waals surface area contributed by atoms with E-state index in [0.717, 1.165) is 16.7 Å². The van der Waals surface area contributed by atoms with Crippen molar-refractivity contribution < 1.29 is 9.53 Å². The number of carbonyl (C=O) groups excluding carboxylic acids is 1. The number of thioether (sulfide) groups is 1. The Morgan fingerprint density at radius 3 is 2.81 bits per heavy atom. The Balaban J connectivity index is 1.62. The zero-order valence-corrected chi connectivity index (χ0v) is 15.7. The van der Waals surface area contributed by atoms with Crippen LogP contribution in [0.25, 0.3) is 11.4 Å². The fourth-order valence-electron chi connectivity index (χ4n) is 2.51. The van der Waals surface area contributed by atoms with E-state index < -0.39 is 0 Å². The summed E-state index contributed by atoms with van der Waals surface area (Å²) in [5.41, 5.74) is 3.82. The average molecular weight is 368 g/mol. The first-order chi connectivity index (χ1) is 12.6. The number of carbonyl (C=O) groups is 1. The van der Waals surface area contributed by atoms with Gasteiger partial charge in [-0.25, -0.2) is 4.98 Å². The highest BCUT2D eigenvalue weighted by molar-refractivity contribution is 7.99. The fraction of sp³-hybridized carbons (Fsp3) is 0.211. The first-order valence-electron chi connectivity index (χ1n) is 8.12. The fourth-order valence-corrected chi connectivity index (χ4v) is 3.10. The molecule has 0 atom stereocenters. The lowest BCUT2D eigenvalue weighted by atomic mass is 10.1. The molecular formula is C19H20N4O2S. The summed E-state index contributed by atoms with van der Waals surface area (Å²) >= 11 is 1.28. The van der Waals surface area contributed by atoms with Crippen molar-refractivity contribution in [3.8, 4) is 17.1 Å². The maximum absolute atomic E-state index is 12.2. The number of rotatable bonds is 6. The van der Waals surface area contributed by atoms with Crippen molar-refractivity contribution in [3.63, 3.8) is 0 Å². The number of nitrogens with one attached hydrogen (secondary N) is 2. The number of hydrogen-bond donors (Lipinski definition) is 2. The smallest absolute Gasteiger partial charge is 0.234 e. The predicted molar refractivity (Wildman–Crippen MR) is 104 cm³/mol. The van der Waals surface area contributed by atoms with Gasteiger partial charge in [-0.05, 0) is 37.1 Å². The van der Waals surface area contributed by atoms with Crippen LogP contribution in [0.4, 0.5) is 5.69 Å². The topological polar surface area (TPSA) is 79.9 Å². The number of H-pyrrole nitrogens is 1. The van der Waals surface area contributed by atoms with Crippen LogP contribution in [0.15, 0.2) is 47.6 Å². The standard InChI is InChI=1S/C19H20N4O2S/c1-12-8-9-16(25-3)15(10-12)20-17(24)11-26-19-21-18(22-23-19)14-7-5-4-6-13(14)2/h4-10H,11H2,1-3H3,(H,20,24)(H,21,22,23). The molecule has 0 spiro atoms. The van der Waals surface area contributed by atoms with Crippen molar-refractivity contribution >= 4 is 23.4 Å². The van der Waals surface area contributed by atoms with Crippen LogP contribution in [-0.2, 0) is 4.79 Å². The zero-order valence-electron chi connectivity index (χ0n) is 14.9. The Kier molecular flexibility index (Phi) is 5.58. The molecule has 26 heavy (non-hydrogen) atoms. The van der Waals surface area contributed by atoms with Crippen molar-refractivity contribution in [2.75, 3.05) is 18.2 Å². The number of methoxy groups -OCH3 is 1. The van der Waals surface area contributed by atoms with Crippen LogP contribution in [0.2, 0.25) is 0 Å². The molecule has 0 bridgehead atoms. The third kappa shape index (κ3) is 4.23. The van der Waals surface area contributed by atoms with Gasteiger partial charge in [0.15, 0.2) is 5.82 Å². The highest BCUT2D eigenvalue weighted by atomic mass is 32.2. The van der Waals surface area contributed by atoms with E-state index in [1.54, 1.807) is 7.11 Å². The van der Waals surface area contributed by atoms with Crippen LogP contribution in [-0.4, -0.2) is 34.0 Å². The molecule has 1 heterocycles. The number of aromatic nitrogens is 3. The molecule has 0 aliphatic carbocycles. The molecule has 3 rings (SSSR count). The third-order valence-electron chi connectivity index (χ3n) is 3.83. The van der Waals surface area contributed by atoms with Crippen molar-refractivity contribution in [1.82, 2.24) is 15.2 Å². The molecule has 0 unspecified atom stereocenters. The Labute approximate surface area is 156 Å². The summed E-state index contributed by atoms with van der Waals surface area (Å²) in [6, 6.07) is 13.6. The van der Waals surface area contributed by atoms with Crippen LogP contribution in [0.5, 0.6) is 5.75 Å². The Bertz CT molecular complexity index is 923. The SMILES string of the molecule is COc1ccc(C)cc1NC(=O)CSc1n[nH]c(-c2ccccc2C)n1. The minimum absolute atomic E-state index is 0.138. The molecular weight excluding hydrogens is 348 g/mol. The normalized spacial score (nSPS) is 10.6. The number of benzene rings is 2. The van der Waals surface area contributed by atoms with Crippen molar-refractivity contribution in [2.24, 2.45) is 0 Å². The van der Waals surface area contributed by atoms with Crippen LogP contribution < -0.4 is 10.1 Å². The summed E-state index contributed by atoms with van der Waals surface area (Å²) < 4.78 is 5.28. The molecule has 0 fully saturated rings. The molecule has 0 saturated carbocycles. The van der Waals surface area contributed by atoms with E-state index in [1.807, 2.05) is 56.3 Å². The van der Waals surface area contributed by atoms with Gasteiger partial charge in [0.2, 0.25) is 11.1 Å². The lowest BCUT2D eigenvalue weighted by molar-refractivity contribution is -0.113. The van der Waals surface area contributed by atoms with Crippen LogP contribution in [0, 0.1) is 13.8 Å². The second-order valence-electron chi connectivity index (χ2n) is 5.82. The van der Waals surface area contributed by atoms with E-state index in [1.165, 1.54) is 11.8 Å². The molecule has 2 aromatic carbocycles. The molecule has 6 nitrogen and oxygen atoms in total. The minimum Gasteiger partial charge on any atom is -0.495 e. The minimum atomic E-state index is -0.138. The van der Waals surface area contributed by atoms with Crippen LogP contribution in [0.3, 0.4) is 0 Å². The molecule has 3 aromatic rings. The van der Waals surface area contributed by atoms with E-state index in [0.29, 0.717) is 22.4 Å². The van der Waals surface area contributed by atoms with E-state index in [9.17, 15) is 4.79 Å². The number of aryl methyl sites for hydroxylation is 2. The number of nitrogens with zero attached hydrogens (tertiary/aromatic N) is 2. The average Bonchev–Trinajstić information content (AvgIpc) is 3.09. The van der Waals surface area contributed by atoms with E-state index in [-0.39, 0.29) is 11.7 Å². The molecule has 0 radical (unpaired) electrons. The first-order valence-corrected chi connectivity index (χ1v) is 9.11. The summed E-state index contributed by atoms with van der Waals surface area (Å²) in [5, 5.41) is 10.5. The van der Waals surface area contributed by atoms with E-state index in [4.69, 9.17) is 4.74 Å². The van der Waals surface area contributed by atoms with E-state index >= 15 is 0 Å². The summed E-state index contributed by atoms with van der Waals surface area (Å²) in [7, 11) is 1.58. The maximum Gasteiger partial charge on any atom is 0.234 e. The lowest BCUT2D eigenvalue weighted by Crippen LogP contribution is -2.15. The molecule has 134 valence electrons.